The zero-order chi connectivity index (χ0) is 26.4. The summed E-state index contributed by atoms with van der Waals surface area (Å²) in [5, 5.41) is 4.04. The normalized spacial score (nSPS) is 18.7. The Morgan fingerprint density at radius 2 is 2.05 bits per heavy atom. The minimum Gasteiger partial charge on any atom is -0.481 e. The highest BCUT2D eigenvalue weighted by Crippen LogP contribution is 2.27. The van der Waals surface area contributed by atoms with Crippen molar-refractivity contribution in [2.45, 2.75) is 37.5 Å². The molecule has 3 unspecified atom stereocenters. The maximum Gasteiger partial charge on any atom is 0.338 e. The van der Waals surface area contributed by atoms with Crippen LogP contribution in [0.15, 0.2) is 48.5 Å². The molecule has 0 aliphatic carbocycles. The third kappa shape index (κ3) is 6.49. The van der Waals surface area contributed by atoms with Gasteiger partial charge in [-0.05, 0) is 55.2 Å². The van der Waals surface area contributed by atoms with Crippen LogP contribution in [0.4, 0.5) is 8.78 Å². The molecule has 9 heteroatoms. The number of aromatic nitrogens is 1. The second-order valence-electron chi connectivity index (χ2n) is 9.00. The van der Waals surface area contributed by atoms with Crippen LogP contribution in [0.3, 0.4) is 0 Å². The van der Waals surface area contributed by atoms with Gasteiger partial charge in [0.25, 0.3) is 0 Å². The summed E-state index contributed by atoms with van der Waals surface area (Å²) in [4.78, 5) is 16.8. The summed E-state index contributed by atoms with van der Waals surface area (Å²) in [5.74, 6) is -0.921. The summed E-state index contributed by atoms with van der Waals surface area (Å²) >= 11 is 0. The Morgan fingerprint density at radius 1 is 1.22 bits per heavy atom. The lowest BCUT2D eigenvalue weighted by atomic mass is 9.93. The fourth-order valence-corrected chi connectivity index (χ4v) is 4.54. The Kier molecular flexibility index (Phi) is 8.81. The second kappa shape index (κ2) is 12.2. The fourth-order valence-electron chi connectivity index (χ4n) is 4.54. The summed E-state index contributed by atoms with van der Waals surface area (Å²) in [6.45, 7) is 1.00. The Bertz CT molecular complexity index is 1280. The van der Waals surface area contributed by atoms with Crippen LogP contribution in [0, 0.1) is 11.6 Å². The maximum atomic E-state index is 13.7. The van der Waals surface area contributed by atoms with Crippen molar-refractivity contribution in [3.8, 4) is 5.88 Å². The van der Waals surface area contributed by atoms with Gasteiger partial charge in [0.1, 0.15) is 11.6 Å². The number of halogens is 2. The van der Waals surface area contributed by atoms with E-state index >= 15 is 0 Å². The second-order valence-corrected chi connectivity index (χ2v) is 9.00. The summed E-state index contributed by atoms with van der Waals surface area (Å²) in [7, 11) is 2.89. The summed E-state index contributed by atoms with van der Waals surface area (Å²) in [6.07, 6.45) is 5.36. The van der Waals surface area contributed by atoms with Crippen molar-refractivity contribution in [3.63, 3.8) is 0 Å². The van der Waals surface area contributed by atoms with Gasteiger partial charge >= 0.3 is 5.97 Å². The number of pyridine rings is 1. The van der Waals surface area contributed by atoms with E-state index in [-0.39, 0.29) is 23.8 Å². The van der Waals surface area contributed by atoms with Gasteiger partial charge < -0.3 is 25.3 Å². The highest BCUT2D eigenvalue weighted by molar-refractivity contribution is 6.04. The molecule has 4 rings (SSSR count). The molecule has 0 amide bonds. The van der Waals surface area contributed by atoms with E-state index in [4.69, 9.17) is 19.9 Å². The molecular weight excluding hydrogens is 480 g/mol. The maximum absolute atomic E-state index is 13.7. The third-order valence-corrected chi connectivity index (χ3v) is 6.55. The van der Waals surface area contributed by atoms with Gasteiger partial charge in [-0.25, -0.2) is 18.6 Å². The van der Waals surface area contributed by atoms with Gasteiger partial charge in [0.15, 0.2) is 0 Å². The molecule has 3 atom stereocenters. The Balaban J connectivity index is 1.34. The molecule has 3 N–H and O–H groups in total. The number of methoxy groups -OCH3 is 2. The predicted octanol–water partition coefficient (Wildman–Crippen LogP) is 4.03. The smallest absolute Gasteiger partial charge is 0.338 e. The molecule has 0 saturated carbocycles. The number of benzene rings is 2. The van der Waals surface area contributed by atoms with Gasteiger partial charge in [-0.15, -0.1) is 0 Å². The van der Waals surface area contributed by atoms with E-state index in [0.717, 1.165) is 30.5 Å². The Morgan fingerprint density at radius 3 is 2.78 bits per heavy atom. The van der Waals surface area contributed by atoms with Crippen LogP contribution in [0.1, 0.15) is 34.3 Å². The quantitative estimate of drug-likeness (QED) is 0.419. The summed E-state index contributed by atoms with van der Waals surface area (Å²) in [5.41, 5.74) is 8.74. The SMILES string of the molecule is COC(=O)c1ccc(CC(N)C2CCC(NC/C=C/c3cc(F)ccc3F)CO2)c2nc(OC)ccc12. The number of nitrogens with one attached hydrogen (secondary N) is 1. The zero-order valence-corrected chi connectivity index (χ0v) is 20.9. The van der Waals surface area contributed by atoms with Crippen molar-refractivity contribution in [1.82, 2.24) is 10.3 Å². The van der Waals surface area contributed by atoms with Crippen molar-refractivity contribution in [3.05, 3.63) is 76.9 Å². The molecule has 0 radical (unpaired) electrons. The van der Waals surface area contributed by atoms with Crippen molar-refractivity contribution in [2.75, 3.05) is 27.4 Å². The summed E-state index contributed by atoms with van der Waals surface area (Å²) < 4.78 is 43.3. The number of fused-ring (bicyclic) bond motifs is 1. The standard InChI is InChI=1S/C28H31F2N3O4/c1-35-26-12-9-21-22(28(34)36-2)8-5-18(27(21)33-26)15-24(31)25-11-7-20(16-37-25)32-13-3-4-17-14-19(29)6-10-23(17)30/h3-6,8-10,12,14,20,24-25,32H,7,11,13,15-16,31H2,1-2H3/b4-3+. The molecule has 1 saturated heterocycles. The van der Waals surface area contributed by atoms with Gasteiger partial charge in [-0.2, -0.15) is 0 Å². The topological polar surface area (TPSA) is 95.7 Å². The van der Waals surface area contributed by atoms with Gasteiger partial charge in [-0.3, -0.25) is 0 Å². The molecule has 7 nitrogen and oxygen atoms in total. The number of carbonyl (C=O) groups excluding carboxylic acids is 1. The van der Waals surface area contributed by atoms with Crippen molar-refractivity contribution in [2.24, 2.45) is 5.73 Å². The van der Waals surface area contributed by atoms with E-state index in [0.29, 0.717) is 41.9 Å². The first kappa shape index (κ1) is 26.7. The van der Waals surface area contributed by atoms with Gasteiger partial charge in [0.05, 0.1) is 38.0 Å². The van der Waals surface area contributed by atoms with Crippen LogP contribution in [0.5, 0.6) is 5.88 Å². The Hall–Kier alpha value is -3.40. The molecule has 0 spiro atoms. The number of hydrogen-bond acceptors (Lipinski definition) is 7. The van der Waals surface area contributed by atoms with Crippen LogP contribution in [0.25, 0.3) is 17.0 Å². The van der Waals surface area contributed by atoms with E-state index in [1.54, 1.807) is 37.5 Å². The first-order valence-corrected chi connectivity index (χ1v) is 12.2. The molecule has 1 aliphatic rings. The van der Waals surface area contributed by atoms with Crippen molar-refractivity contribution >= 4 is 22.9 Å². The van der Waals surface area contributed by atoms with Crippen molar-refractivity contribution in [1.29, 1.82) is 0 Å². The van der Waals surface area contributed by atoms with E-state index in [1.807, 2.05) is 6.07 Å². The molecule has 2 heterocycles. The van der Waals surface area contributed by atoms with Crippen LogP contribution >= 0.6 is 0 Å². The number of rotatable bonds is 9. The predicted molar refractivity (Wildman–Crippen MR) is 137 cm³/mol. The minimum absolute atomic E-state index is 0.129. The van der Waals surface area contributed by atoms with E-state index in [1.165, 1.54) is 13.2 Å². The highest BCUT2D eigenvalue weighted by atomic mass is 19.1. The highest BCUT2D eigenvalue weighted by Gasteiger charge is 2.27. The fraction of sp³-hybridized carbons (Fsp3) is 0.357. The van der Waals surface area contributed by atoms with Crippen LogP contribution in [-0.2, 0) is 15.9 Å². The first-order chi connectivity index (χ1) is 17.9. The largest absolute Gasteiger partial charge is 0.481 e. The average molecular weight is 512 g/mol. The van der Waals surface area contributed by atoms with Gasteiger partial charge in [0.2, 0.25) is 5.88 Å². The lowest BCUT2D eigenvalue weighted by molar-refractivity contribution is -0.0156. The van der Waals surface area contributed by atoms with Crippen LogP contribution < -0.4 is 15.8 Å². The number of nitrogens with zero attached hydrogens (tertiary/aromatic N) is 1. The molecule has 2 aromatic carbocycles. The molecular formula is C28H31F2N3O4. The molecule has 1 aliphatic heterocycles. The molecule has 1 fully saturated rings. The third-order valence-electron chi connectivity index (χ3n) is 6.55. The van der Waals surface area contributed by atoms with Crippen LogP contribution in [0.2, 0.25) is 0 Å². The van der Waals surface area contributed by atoms with E-state index < -0.39 is 17.6 Å². The molecule has 196 valence electrons. The molecule has 1 aromatic heterocycles. The molecule has 37 heavy (non-hydrogen) atoms. The monoisotopic (exact) mass is 511 g/mol. The number of esters is 1. The van der Waals surface area contributed by atoms with E-state index in [9.17, 15) is 13.6 Å². The number of hydrogen-bond donors (Lipinski definition) is 2. The minimum atomic E-state index is -0.473. The lowest BCUT2D eigenvalue weighted by Gasteiger charge is -2.33. The lowest BCUT2D eigenvalue weighted by Crippen LogP contribution is -2.47. The Labute approximate surface area is 214 Å². The molecule has 0 bridgehead atoms. The first-order valence-electron chi connectivity index (χ1n) is 12.2. The van der Waals surface area contributed by atoms with Gasteiger partial charge in [0, 0.05) is 35.6 Å². The number of carbonyl (C=O) groups is 1. The van der Waals surface area contributed by atoms with Crippen LogP contribution in [-0.4, -0.2) is 56.5 Å². The summed E-state index contributed by atoms with van der Waals surface area (Å²) in [6, 6.07) is 10.3. The average Bonchev–Trinajstić information content (AvgIpc) is 2.92. The zero-order valence-electron chi connectivity index (χ0n) is 20.9. The van der Waals surface area contributed by atoms with Gasteiger partial charge in [-0.1, -0.05) is 18.2 Å². The van der Waals surface area contributed by atoms with Crippen molar-refractivity contribution < 1.29 is 27.8 Å². The number of ether oxygens (including phenoxy) is 3. The number of nitrogens with two attached hydrogens (primary N) is 1. The molecule has 3 aromatic rings. The van der Waals surface area contributed by atoms with E-state index in [2.05, 4.69) is 10.3 Å².